The van der Waals surface area contributed by atoms with E-state index in [4.69, 9.17) is 14.2 Å². The molecule has 0 saturated heterocycles. The number of unbranched alkanes of at least 4 members (excludes halogenated alkanes) is 22. The van der Waals surface area contributed by atoms with Crippen LogP contribution in [0.5, 0.6) is 0 Å². The van der Waals surface area contributed by atoms with E-state index in [0.717, 1.165) is 148 Å². The van der Waals surface area contributed by atoms with Gasteiger partial charge >= 0.3 is 17.9 Å². The largest absolute Gasteiger partial charge is 0.462 e. The number of carbonyl (C=O) groups excluding carboxylic acids is 3. The zero-order valence-electron chi connectivity index (χ0n) is 49.2. The highest BCUT2D eigenvalue weighted by Crippen LogP contribution is 2.14. The number of allylic oxidation sites excluding steroid dienone is 22. The predicted molar refractivity (Wildman–Crippen MR) is 329 cm³/mol. The molecule has 76 heavy (non-hydrogen) atoms. The summed E-state index contributed by atoms with van der Waals surface area (Å²) in [4.78, 5) is 38.1. The fourth-order valence-electron chi connectivity index (χ4n) is 8.23. The van der Waals surface area contributed by atoms with Crippen LogP contribution in [0.2, 0.25) is 0 Å². The number of hydrogen-bond acceptors (Lipinski definition) is 6. The minimum Gasteiger partial charge on any atom is -0.462 e. The Hall–Kier alpha value is -4.45. The Bertz CT molecular complexity index is 1630. The lowest BCUT2D eigenvalue weighted by Crippen LogP contribution is -2.30. The van der Waals surface area contributed by atoms with Gasteiger partial charge in [0.1, 0.15) is 13.2 Å². The second-order valence-corrected chi connectivity index (χ2v) is 20.2. The molecule has 0 N–H and O–H groups in total. The number of hydrogen-bond donors (Lipinski definition) is 0. The standard InChI is InChI=1S/C70H114O6/c1-4-7-10-13-16-19-22-24-25-26-27-28-29-30-31-32-33-34-35-36-37-38-39-40-41-42-43-44-45-46-49-51-54-57-60-63-69(72)75-66-67(65-74-68(71)62-59-56-53-50-47-21-18-15-12-9-6-3)76-70(73)64-61-58-55-52-48-23-20-17-14-11-8-5-2/h7,10,16-17,19-20,24-25,27-28,30-31,33-34,36-37,39-40,42-43,45-46,67H,4-6,8-9,11-15,18,21-23,26,29,32,35,38,41,44,47-66H2,1-3H3/b10-7-,19-16-,20-17-,25-24-,28-27-,31-30-,34-33-,37-36-,40-39-,43-42-,46-45-. The van der Waals surface area contributed by atoms with E-state index in [2.05, 4.69) is 154 Å². The van der Waals surface area contributed by atoms with Crippen molar-refractivity contribution in [2.45, 2.75) is 277 Å². The van der Waals surface area contributed by atoms with Gasteiger partial charge in [0.15, 0.2) is 6.10 Å². The Morgan fingerprint density at radius 1 is 0.276 bits per heavy atom. The van der Waals surface area contributed by atoms with Crippen LogP contribution < -0.4 is 0 Å². The zero-order chi connectivity index (χ0) is 55.0. The molecule has 0 saturated carbocycles. The Labute approximate surface area is 468 Å². The third kappa shape index (κ3) is 60.4. The molecule has 1 atom stereocenters. The summed E-state index contributed by atoms with van der Waals surface area (Å²) in [5.74, 6) is -0.927. The molecule has 0 bridgehead atoms. The maximum atomic E-state index is 12.8. The van der Waals surface area contributed by atoms with E-state index in [1.807, 2.05) is 0 Å². The molecule has 0 aromatic carbocycles. The van der Waals surface area contributed by atoms with Crippen LogP contribution in [0.15, 0.2) is 134 Å². The summed E-state index contributed by atoms with van der Waals surface area (Å²) in [5.41, 5.74) is 0. The van der Waals surface area contributed by atoms with Crippen molar-refractivity contribution in [3.63, 3.8) is 0 Å². The Morgan fingerprint density at radius 2 is 0.513 bits per heavy atom. The maximum Gasteiger partial charge on any atom is 0.306 e. The van der Waals surface area contributed by atoms with Crippen molar-refractivity contribution in [3.05, 3.63) is 134 Å². The second-order valence-electron chi connectivity index (χ2n) is 20.2. The Kier molecular flexibility index (Phi) is 59.4. The van der Waals surface area contributed by atoms with E-state index in [1.54, 1.807) is 0 Å². The SMILES string of the molecule is CC/C=C\C/C=C\C/C=C\C/C=C\C/C=C\C/C=C\C/C=C\C/C=C\C/C=C\C/C=C\CCCCCCC(=O)OCC(COC(=O)CCCCCCCCCCCCC)OC(=O)CCCCCCC/C=C\CCCCC. The fourth-order valence-corrected chi connectivity index (χ4v) is 8.23. The van der Waals surface area contributed by atoms with Crippen molar-refractivity contribution in [2.75, 3.05) is 13.2 Å². The van der Waals surface area contributed by atoms with Crippen molar-refractivity contribution < 1.29 is 28.6 Å². The lowest BCUT2D eigenvalue weighted by Gasteiger charge is -2.18. The van der Waals surface area contributed by atoms with Crippen molar-refractivity contribution >= 4 is 17.9 Å². The van der Waals surface area contributed by atoms with Gasteiger partial charge < -0.3 is 14.2 Å². The van der Waals surface area contributed by atoms with E-state index in [9.17, 15) is 14.4 Å². The number of ether oxygens (including phenoxy) is 3. The second kappa shape index (κ2) is 63.1. The molecule has 0 fully saturated rings. The normalized spacial score (nSPS) is 13.0. The average Bonchev–Trinajstić information content (AvgIpc) is 3.42. The van der Waals surface area contributed by atoms with Gasteiger partial charge in [0.05, 0.1) is 0 Å². The van der Waals surface area contributed by atoms with Gasteiger partial charge in [0.2, 0.25) is 0 Å². The van der Waals surface area contributed by atoms with Gasteiger partial charge in [-0.1, -0.05) is 264 Å². The molecule has 0 aromatic heterocycles. The molecule has 0 aromatic rings. The first-order valence-corrected chi connectivity index (χ1v) is 31.2. The van der Waals surface area contributed by atoms with E-state index >= 15 is 0 Å². The summed E-state index contributed by atoms with van der Waals surface area (Å²) in [6, 6.07) is 0. The fraction of sp³-hybridized carbons (Fsp3) is 0.643. The van der Waals surface area contributed by atoms with Gasteiger partial charge in [0.25, 0.3) is 0 Å². The first-order valence-electron chi connectivity index (χ1n) is 31.2. The molecular weight excluding hydrogens is 937 g/mol. The van der Waals surface area contributed by atoms with Crippen LogP contribution >= 0.6 is 0 Å². The quantitative estimate of drug-likeness (QED) is 0.0261. The molecular formula is C70H114O6. The van der Waals surface area contributed by atoms with Crippen LogP contribution in [0.1, 0.15) is 271 Å². The minimum atomic E-state index is -0.794. The van der Waals surface area contributed by atoms with Crippen molar-refractivity contribution in [1.82, 2.24) is 0 Å². The van der Waals surface area contributed by atoms with Crippen LogP contribution in [-0.4, -0.2) is 37.2 Å². The number of rotatable bonds is 55. The van der Waals surface area contributed by atoms with E-state index < -0.39 is 6.10 Å². The van der Waals surface area contributed by atoms with Crippen LogP contribution in [-0.2, 0) is 28.6 Å². The summed E-state index contributed by atoms with van der Waals surface area (Å²) in [6.07, 6.45) is 88.9. The van der Waals surface area contributed by atoms with E-state index in [1.165, 1.54) is 83.5 Å². The van der Waals surface area contributed by atoms with Gasteiger partial charge in [-0.25, -0.2) is 0 Å². The number of carbonyl (C=O) groups is 3. The third-order valence-electron chi connectivity index (χ3n) is 12.9. The van der Waals surface area contributed by atoms with Crippen LogP contribution in [0.25, 0.3) is 0 Å². The summed E-state index contributed by atoms with van der Waals surface area (Å²) in [6.45, 7) is 6.46. The summed E-state index contributed by atoms with van der Waals surface area (Å²) in [5, 5.41) is 0. The molecule has 0 rings (SSSR count). The summed E-state index contributed by atoms with van der Waals surface area (Å²) < 4.78 is 16.8. The Balaban J connectivity index is 4.25. The monoisotopic (exact) mass is 1050 g/mol. The molecule has 1 unspecified atom stereocenters. The molecule has 0 spiro atoms. The van der Waals surface area contributed by atoms with Crippen LogP contribution in [0.4, 0.5) is 0 Å². The molecule has 430 valence electrons. The zero-order valence-corrected chi connectivity index (χ0v) is 49.2. The van der Waals surface area contributed by atoms with Gasteiger partial charge in [-0.3, -0.25) is 14.4 Å². The van der Waals surface area contributed by atoms with Gasteiger partial charge in [-0.05, 0) is 122 Å². The first kappa shape index (κ1) is 71.5. The van der Waals surface area contributed by atoms with Crippen LogP contribution in [0.3, 0.4) is 0 Å². The van der Waals surface area contributed by atoms with Gasteiger partial charge in [0, 0.05) is 19.3 Å². The lowest BCUT2D eigenvalue weighted by atomic mass is 10.1. The smallest absolute Gasteiger partial charge is 0.306 e. The average molecular weight is 1050 g/mol. The molecule has 0 heterocycles. The topological polar surface area (TPSA) is 78.9 Å². The molecule has 6 nitrogen and oxygen atoms in total. The summed E-state index contributed by atoms with van der Waals surface area (Å²) in [7, 11) is 0. The van der Waals surface area contributed by atoms with Crippen molar-refractivity contribution in [1.29, 1.82) is 0 Å². The highest BCUT2D eigenvalue weighted by Gasteiger charge is 2.19. The molecule has 0 aliphatic carbocycles. The predicted octanol–water partition coefficient (Wildman–Crippen LogP) is 21.4. The van der Waals surface area contributed by atoms with Crippen LogP contribution in [0, 0.1) is 0 Å². The summed E-state index contributed by atoms with van der Waals surface area (Å²) >= 11 is 0. The molecule has 0 amide bonds. The van der Waals surface area contributed by atoms with Crippen molar-refractivity contribution in [2.24, 2.45) is 0 Å². The van der Waals surface area contributed by atoms with Gasteiger partial charge in [-0.15, -0.1) is 0 Å². The highest BCUT2D eigenvalue weighted by atomic mass is 16.6. The number of esters is 3. The maximum absolute atomic E-state index is 12.8. The van der Waals surface area contributed by atoms with E-state index in [-0.39, 0.29) is 31.1 Å². The minimum absolute atomic E-state index is 0.0899. The Morgan fingerprint density at radius 3 is 0.842 bits per heavy atom. The molecule has 6 heteroatoms. The highest BCUT2D eigenvalue weighted by molar-refractivity contribution is 5.71. The first-order chi connectivity index (χ1) is 37.5. The lowest BCUT2D eigenvalue weighted by molar-refractivity contribution is -0.167. The van der Waals surface area contributed by atoms with Crippen molar-refractivity contribution in [3.8, 4) is 0 Å². The van der Waals surface area contributed by atoms with Gasteiger partial charge in [-0.2, -0.15) is 0 Å². The molecule has 0 aliphatic heterocycles. The molecule has 0 radical (unpaired) electrons. The molecule has 0 aliphatic rings. The van der Waals surface area contributed by atoms with E-state index in [0.29, 0.717) is 19.3 Å². The third-order valence-corrected chi connectivity index (χ3v) is 12.9.